The highest BCUT2D eigenvalue weighted by Crippen LogP contribution is 2.36. The SMILES string of the molecule is O=C(CC1Sc2ccccc2NC1=O)Nc1cccc2cccnc12. The number of carbonyl (C=O) groups excluding carboxylic acids is 2. The molecule has 0 fully saturated rings. The van der Waals surface area contributed by atoms with Crippen molar-refractivity contribution >= 4 is 45.9 Å². The molecule has 2 N–H and O–H groups in total. The number of aromatic nitrogens is 1. The first-order chi connectivity index (χ1) is 12.2. The maximum absolute atomic E-state index is 12.4. The third kappa shape index (κ3) is 3.21. The van der Waals surface area contributed by atoms with Crippen molar-refractivity contribution in [3.8, 4) is 0 Å². The molecule has 0 radical (unpaired) electrons. The number of anilines is 2. The summed E-state index contributed by atoms with van der Waals surface area (Å²) in [5, 5.41) is 6.25. The van der Waals surface area contributed by atoms with E-state index < -0.39 is 5.25 Å². The first-order valence-electron chi connectivity index (χ1n) is 7.91. The molecule has 2 amide bonds. The van der Waals surface area contributed by atoms with E-state index in [9.17, 15) is 9.59 Å². The van der Waals surface area contributed by atoms with Crippen LogP contribution in [0.2, 0.25) is 0 Å². The minimum absolute atomic E-state index is 0.105. The number of amides is 2. The maximum atomic E-state index is 12.4. The average Bonchev–Trinajstić information content (AvgIpc) is 2.63. The topological polar surface area (TPSA) is 71.1 Å². The molecular formula is C19H15N3O2S. The van der Waals surface area contributed by atoms with Gasteiger partial charge in [-0.25, -0.2) is 0 Å². The van der Waals surface area contributed by atoms with Crippen molar-refractivity contribution in [2.75, 3.05) is 10.6 Å². The zero-order chi connectivity index (χ0) is 17.2. The molecule has 0 saturated heterocycles. The van der Waals surface area contributed by atoms with Gasteiger partial charge in [0, 0.05) is 22.9 Å². The Labute approximate surface area is 148 Å². The Hall–Kier alpha value is -2.86. The Bertz CT molecular complexity index is 968. The molecule has 1 aliphatic rings. The Morgan fingerprint density at radius 2 is 1.96 bits per heavy atom. The van der Waals surface area contributed by atoms with Gasteiger partial charge >= 0.3 is 0 Å². The molecule has 0 bridgehead atoms. The van der Waals surface area contributed by atoms with Gasteiger partial charge in [0.25, 0.3) is 0 Å². The second kappa shape index (κ2) is 6.57. The summed E-state index contributed by atoms with van der Waals surface area (Å²) in [6, 6.07) is 17.0. The van der Waals surface area contributed by atoms with Gasteiger partial charge in [-0.05, 0) is 24.3 Å². The number of carbonyl (C=O) groups is 2. The third-order valence-corrected chi connectivity index (χ3v) is 5.26. The summed E-state index contributed by atoms with van der Waals surface area (Å²) < 4.78 is 0. The molecule has 1 aliphatic heterocycles. The van der Waals surface area contributed by atoms with E-state index in [2.05, 4.69) is 15.6 Å². The molecule has 4 rings (SSSR count). The molecule has 3 aromatic rings. The van der Waals surface area contributed by atoms with Gasteiger partial charge in [0.05, 0.1) is 22.1 Å². The summed E-state index contributed by atoms with van der Waals surface area (Å²) in [6.07, 6.45) is 1.80. The van der Waals surface area contributed by atoms with Crippen LogP contribution in [0.1, 0.15) is 6.42 Å². The second-order valence-electron chi connectivity index (χ2n) is 5.72. The Morgan fingerprint density at radius 1 is 1.12 bits per heavy atom. The fourth-order valence-corrected chi connectivity index (χ4v) is 3.91. The van der Waals surface area contributed by atoms with Gasteiger partial charge in [-0.15, -0.1) is 11.8 Å². The molecule has 25 heavy (non-hydrogen) atoms. The lowest BCUT2D eigenvalue weighted by Gasteiger charge is -2.23. The van der Waals surface area contributed by atoms with E-state index >= 15 is 0 Å². The van der Waals surface area contributed by atoms with Crippen LogP contribution in [0.4, 0.5) is 11.4 Å². The summed E-state index contributed by atoms with van der Waals surface area (Å²) >= 11 is 1.42. The minimum Gasteiger partial charge on any atom is -0.324 e. The number of rotatable bonds is 3. The van der Waals surface area contributed by atoms with Gasteiger partial charge in [0.2, 0.25) is 11.8 Å². The highest BCUT2D eigenvalue weighted by molar-refractivity contribution is 8.01. The number of fused-ring (bicyclic) bond motifs is 2. The molecule has 0 aliphatic carbocycles. The first kappa shape index (κ1) is 15.7. The highest BCUT2D eigenvalue weighted by Gasteiger charge is 2.28. The van der Waals surface area contributed by atoms with Crippen LogP contribution >= 0.6 is 11.8 Å². The van der Waals surface area contributed by atoms with Gasteiger partial charge in [0.1, 0.15) is 0 Å². The van der Waals surface area contributed by atoms with Crippen molar-refractivity contribution in [2.45, 2.75) is 16.6 Å². The van der Waals surface area contributed by atoms with Crippen LogP contribution in [-0.2, 0) is 9.59 Å². The summed E-state index contributed by atoms with van der Waals surface area (Å²) in [7, 11) is 0. The second-order valence-corrected chi connectivity index (χ2v) is 6.97. The first-order valence-corrected chi connectivity index (χ1v) is 8.79. The Morgan fingerprint density at radius 3 is 2.88 bits per heavy atom. The molecule has 6 heteroatoms. The standard InChI is InChI=1S/C19H15N3O2S/c23-17(21-14-8-3-5-12-6-4-10-20-18(12)14)11-16-19(24)22-13-7-1-2-9-15(13)25-16/h1-10,16H,11H2,(H,21,23)(H,22,24). The van der Waals surface area contributed by atoms with Gasteiger partial charge in [-0.1, -0.05) is 30.3 Å². The molecule has 1 aromatic heterocycles. The van der Waals surface area contributed by atoms with Crippen molar-refractivity contribution < 1.29 is 9.59 Å². The van der Waals surface area contributed by atoms with E-state index in [-0.39, 0.29) is 18.2 Å². The minimum atomic E-state index is -0.446. The van der Waals surface area contributed by atoms with Crippen molar-refractivity contribution in [2.24, 2.45) is 0 Å². The zero-order valence-corrected chi connectivity index (χ0v) is 14.0. The van der Waals surface area contributed by atoms with Gasteiger partial charge < -0.3 is 10.6 Å². The number of benzene rings is 2. The van der Waals surface area contributed by atoms with E-state index in [1.807, 2.05) is 54.6 Å². The van der Waals surface area contributed by atoms with Crippen LogP contribution in [0.25, 0.3) is 10.9 Å². The molecule has 124 valence electrons. The van der Waals surface area contributed by atoms with E-state index in [1.165, 1.54) is 11.8 Å². The number of nitrogens with one attached hydrogen (secondary N) is 2. The number of hydrogen-bond donors (Lipinski definition) is 2. The van der Waals surface area contributed by atoms with Crippen molar-refractivity contribution in [1.82, 2.24) is 4.98 Å². The predicted octanol–water partition coefficient (Wildman–Crippen LogP) is 3.68. The molecule has 0 saturated carbocycles. The normalized spacial score (nSPS) is 16.2. The van der Waals surface area contributed by atoms with Crippen LogP contribution in [0.15, 0.2) is 65.7 Å². The van der Waals surface area contributed by atoms with Gasteiger partial charge in [-0.2, -0.15) is 0 Å². The molecule has 0 spiro atoms. The van der Waals surface area contributed by atoms with E-state index in [0.29, 0.717) is 5.69 Å². The van der Waals surface area contributed by atoms with Gasteiger partial charge in [-0.3, -0.25) is 14.6 Å². The van der Waals surface area contributed by atoms with E-state index in [0.717, 1.165) is 21.5 Å². The predicted molar refractivity (Wildman–Crippen MR) is 99.7 cm³/mol. The van der Waals surface area contributed by atoms with Crippen molar-refractivity contribution in [1.29, 1.82) is 0 Å². The fourth-order valence-electron chi connectivity index (χ4n) is 2.80. The van der Waals surface area contributed by atoms with E-state index in [4.69, 9.17) is 0 Å². The van der Waals surface area contributed by atoms with Crippen LogP contribution in [0.3, 0.4) is 0 Å². The lowest BCUT2D eigenvalue weighted by molar-refractivity contribution is -0.120. The largest absolute Gasteiger partial charge is 0.324 e. The quantitative estimate of drug-likeness (QED) is 0.757. The Balaban J connectivity index is 1.50. The maximum Gasteiger partial charge on any atom is 0.238 e. The Kier molecular flexibility index (Phi) is 4.11. The molecule has 1 unspecified atom stereocenters. The molecule has 2 heterocycles. The number of hydrogen-bond acceptors (Lipinski definition) is 4. The van der Waals surface area contributed by atoms with Crippen LogP contribution in [0, 0.1) is 0 Å². The van der Waals surface area contributed by atoms with Crippen molar-refractivity contribution in [3.05, 3.63) is 60.8 Å². The van der Waals surface area contributed by atoms with E-state index in [1.54, 1.807) is 6.20 Å². The summed E-state index contributed by atoms with van der Waals surface area (Å²) in [6.45, 7) is 0. The molecule has 5 nitrogen and oxygen atoms in total. The molecule has 1 atom stereocenters. The fraction of sp³-hybridized carbons (Fsp3) is 0.105. The summed E-state index contributed by atoms with van der Waals surface area (Å²) in [4.78, 5) is 30.0. The average molecular weight is 349 g/mol. The summed E-state index contributed by atoms with van der Waals surface area (Å²) in [5.74, 6) is -0.347. The number of para-hydroxylation sites is 2. The number of pyridine rings is 1. The van der Waals surface area contributed by atoms with Crippen LogP contribution in [-0.4, -0.2) is 22.0 Å². The smallest absolute Gasteiger partial charge is 0.238 e. The molecule has 2 aromatic carbocycles. The van der Waals surface area contributed by atoms with Crippen LogP contribution < -0.4 is 10.6 Å². The zero-order valence-electron chi connectivity index (χ0n) is 13.2. The van der Waals surface area contributed by atoms with Crippen molar-refractivity contribution in [3.63, 3.8) is 0 Å². The highest BCUT2D eigenvalue weighted by atomic mass is 32.2. The monoisotopic (exact) mass is 349 g/mol. The number of thioether (sulfide) groups is 1. The summed E-state index contributed by atoms with van der Waals surface area (Å²) in [5.41, 5.74) is 2.20. The lowest BCUT2D eigenvalue weighted by atomic mass is 10.2. The lowest BCUT2D eigenvalue weighted by Crippen LogP contribution is -2.32. The van der Waals surface area contributed by atoms with Gasteiger partial charge in [0.15, 0.2) is 0 Å². The van der Waals surface area contributed by atoms with Crippen LogP contribution in [0.5, 0.6) is 0 Å². The molecular weight excluding hydrogens is 334 g/mol. The third-order valence-electron chi connectivity index (χ3n) is 3.98. The number of nitrogens with zero attached hydrogens (tertiary/aromatic N) is 1.